The lowest BCUT2D eigenvalue weighted by atomic mass is 10.2. The molecule has 28 heavy (non-hydrogen) atoms. The molecule has 0 heterocycles. The molecule has 0 N–H and O–H groups in total. The molecule has 0 aliphatic carbocycles. The number of halogens is 2. The van der Waals surface area contributed by atoms with Gasteiger partial charge in [0.1, 0.15) is 30.0 Å². The van der Waals surface area contributed by atoms with Crippen LogP contribution in [0.2, 0.25) is 5.02 Å². The molecule has 0 bridgehead atoms. The summed E-state index contributed by atoms with van der Waals surface area (Å²) in [5, 5.41) is 0.570. The van der Waals surface area contributed by atoms with Crippen LogP contribution in [0.25, 0.3) is 0 Å². The van der Waals surface area contributed by atoms with Crippen molar-refractivity contribution in [3.63, 3.8) is 0 Å². The summed E-state index contributed by atoms with van der Waals surface area (Å²) in [6.45, 7) is 1.97. The van der Waals surface area contributed by atoms with Crippen molar-refractivity contribution in [3.8, 4) is 17.2 Å². The molecular formula is C22H18BrClO4. The Morgan fingerprint density at radius 2 is 1.43 bits per heavy atom. The fraction of sp³-hybridized carbons (Fsp3) is 0.136. The smallest absolute Gasteiger partial charge is 0.338 e. The number of rotatable bonds is 7. The second kappa shape index (κ2) is 9.62. The van der Waals surface area contributed by atoms with Gasteiger partial charge in [-0.1, -0.05) is 27.5 Å². The molecule has 3 aromatic rings. The van der Waals surface area contributed by atoms with Crippen LogP contribution >= 0.6 is 27.5 Å². The summed E-state index contributed by atoms with van der Waals surface area (Å²) < 4.78 is 17.8. The van der Waals surface area contributed by atoms with Gasteiger partial charge in [-0.2, -0.15) is 0 Å². The van der Waals surface area contributed by atoms with E-state index in [2.05, 4.69) is 15.9 Å². The van der Waals surface area contributed by atoms with Crippen molar-refractivity contribution in [1.29, 1.82) is 0 Å². The Morgan fingerprint density at radius 1 is 0.893 bits per heavy atom. The molecule has 0 spiro atoms. The monoisotopic (exact) mass is 460 g/mol. The second-order valence-corrected chi connectivity index (χ2v) is 7.41. The summed E-state index contributed by atoms with van der Waals surface area (Å²) in [6.07, 6.45) is -0.297. The van der Waals surface area contributed by atoms with Crippen molar-refractivity contribution in [3.05, 3.63) is 87.9 Å². The normalized spacial score (nSPS) is 11.5. The zero-order chi connectivity index (χ0) is 19.9. The first-order valence-electron chi connectivity index (χ1n) is 8.62. The van der Waals surface area contributed by atoms with E-state index < -0.39 is 5.97 Å². The van der Waals surface area contributed by atoms with Crippen LogP contribution in [0.3, 0.4) is 0 Å². The third kappa shape index (κ3) is 6.01. The number of hydrogen-bond acceptors (Lipinski definition) is 4. The Bertz CT molecular complexity index is 909. The van der Waals surface area contributed by atoms with E-state index in [9.17, 15) is 4.79 Å². The van der Waals surface area contributed by atoms with Gasteiger partial charge in [-0.05, 0) is 79.7 Å². The number of benzene rings is 3. The topological polar surface area (TPSA) is 44.8 Å². The Labute approximate surface area is 177 Å². The molecule has 144 valence electrons. The van der Waals surface area contributed by atoms with Crippen LogP contribution in [0, 0.1) is 0 Å². The Hall–Kier alpha value is -2.50. The quantitative estimate of drug-likeness (QED) is 0.376. The SMILES string of the molecule is CC(COC(=O)c1ccc(Cl)cc1)Oc1ccc(Oc2ccc(Br)cc2)cc1. The van der Waals surface area contributed by atoms with Gasteiger partial charge in [-0.3, -0.25) is 0 Å². The molecule has 1 atom stereocenters. The van der Waals surface area contributed by atoms with Gasteiger partial charge in [-0.15, -0.1) is 0 Å². The van der Waals surface area contributed by atoms with E-state index >= 15 is 0 Å². The van der Waals surface area contributed by atoms with Crippen LogP contribution in [-0.2, 0) is 4.74 Å². The van der Waals surface area contributed by atoms with Gasteiger partial charge < -0.3 is 14.2 Å². The summed E-state index contributed by atoms with van der Waals surface area (Å²) >= 11 is 9.21. The highest BCUT2D eigenvalue weighted by molar-refractivity contribution is 9.10. The van der Waals surface area contributed by atoms with Gasteiger partial charge in [-0.25, -0.2) is 4.79 Å². The van der Waals surface area contributed by atoms with Gasteiger partial charge in [0.25, 0.3) is 0 Å². The molecule has 0 fully saturated rings. The minimum atomic E-state index is -0.412. The summed E-state index contributed by atoms with van der Waals surface area (Å²) in [6, 6.07) is 21.4. The highest BCUT2D eigenvalue weighted by Gasteiger charge is 2.11. The van der Waals surface area contributed by atoms with Gasteiger partial charge in [0.05, 0.1) is 5.56 Å². The summed E-state index contributed by atoms with van der Waals surface area (Å²) in [4.78, 5) is 12.0. The zero-order valence-corrected chi connectivity index (χ0v) is 17.4. The number of carbonyl (C=O) groups excluding carboxylic acids is 1. The van der Waals surface area contributed by atoms with Crippen LogP contribution in [0.4, 0.5) is 0 Å². The van der Waals surface area contributed by atoms with Crippen molar-refractivity contribution < 1.29 is 19.0 Å². The molecule has 3 rings (SSSR count). The highest BCUT2D eigenvalue weighted by Crippen LogP contribution is 2.25. The molecule has 0 aliphatic heterocycles. The largest absolute Gasteiger partial charge is 0.487 e. The minimum Gasteiger partial charge on any atom is -0.487 e. The maximum Gasteiger partial charge on any atom is 0.338 e. The van der Waals surface area contributed by atoms with E-state index in [4.69, 9.17) is 25.8 Å². The molecule has 6 heteroatoms. The molecule has 0 amide bonds. The molecule has 0 aliphatic rings. The van der Waals surface area contributed by atoms with Crippen molar-refractivity contribution in [1.82, 2.24) is 0 Å². The van der Waals surface area contributed by atoms with Crippen molar-refractivity contribution in [2.24, 2.45) is 0 Å². The zero-order valence-electron chi connectivity index (χ0n) is 15.1. The van der Waals surface area contributed by atoms with E-state index in [-0.39, 0.29) is 12.7 Å². The fourth-order valence-corrected chi connectivity index (χ4v) is 2.74. The van der Waals surface area contributed by atoms with Crippen molar-refractivity contribution in [2.75, 3.05) is 6.61 Å². The Kier molecular flexibility index (Phi) is 6.95. The molecule has 3 aromatic carbocycles. The van der Waals surface area contributed by atoms with Crippen LogP contribution in [0.15, 0.2) is 77.3 Å². The predicted molar refractivity (Wildman–Crippen MR) is 112 cm³/mol. The fourth-order valence-electron chi connectivity index (χ4n) is 2.35. The third-order valence-corrected chi connectivity index (χ3v) is 4.52. The van der Waals surface area contributed by atoms with E-state index in [1.807, 2.05) is 55.5 Å². The van der Waals surface area contributed by atoms with Crippen molar-refractivity contribution in [2.45, 2.75) is 13.0 Å². The molecular weight excluding hydrogens is 444 g/mol. The highest BCUT2D eigenvalue weighted by atomic mass is 79.9. The second-order valence-electron chi connectivity index (χ2n) is 6.06. The number of ether oxygens (including phenoxy) is 3. The van der Waals surface area contributed by atoms with Gasteiger partial charge in [0, 0.05) is 9.50 Å². The third-order valence-electron chi connectivity index (χ3n) is 3.74. The number of esters is 1. The average Bonchev–Trinajstić information content (AvgIpc) is 2.70. The summed E-state index contributed by atoms with van der Waals surface area (Å²) in [5.41, 5.74) is 0.450. The molecule has 4 nitrogen and oxygen atoms in total. The molecule has 1 unspecified atom stereocenters. The molecule has 0 saturated carbocycles. The van der Waals surface area contributed by atoms with Gasteiger partial charge in [0.15, 0.2) is 0 Å². The minimum absolute atomic E-state index is 0.138. The van der Waals surface area contributed by atoms with E-state index in [1.54, 1.807) is 24.3 Å². The van der Waals surface area contributed by atoms with Crippen LogP contribution in [0.1, 0.15) is 17.3 Å². The van der Waals surface area contributed by atoms with E-state index in [0.29, 0.717) is 22.1 Å². The first kappa shape index (κ1) is 20.2. The summed E-state index contributed by atoms with van der Waals surface area (Å²) in [7, 11) is 0. The first-order valence-corrected chi connectivity index (χ1v) is 9.79. The van der Waals surface area contributed by atoms with E-state index in [0.717, 1.165) is 10.2 Å². The maximum absolute atomic E-state index is 12.0. The van der Waals surface area contributed by atoms with Crippen LogP contribution < -0.4 is 9.47 Å². The maximum atomic E-state index is 12.0. The Balaban J connectivity index is 1.48. The Morgan fingerprint density at radius 3 is 2.04 bits per heavy atom. The molecule has 0 saturated heterocycles. The first-order chi connectivity index (χ1) is 13.5. The number of carbonyl (C=O) groups is 1. The lowest BCUT2D eigenvalue weighted by molar-refractivity contribution is 0.0341. The van der Waals surface area contributed by atoms with Gasteiger partial charge in [0.2, 0.25) is 0 Å². The van der Waals surface area contributed by atoms with E-state index in [1.165, 1.54) is 0 Å². The van der Waals surface area contributed by atoms with Crippen molar-refractivity contribution >= 4 is 33.5 Å². The predicted octanol–water partition coefficient (Wildman–Crippen LogP) is 6.52. The average molecular weight is 462 g/mol. The molecule has 0 radical (unpaired) electrons. The number of hydrogen-bond donors (Lipinski definition) is 0. The van der Waals surface area contributed by atoms with Gasteiger partial charge >= 0.3 is 5.97 Å². The standard InChI is InChI=1S/C22H18BrClO4/c1-15(14-26-22(25)16-2-6-18(24)7-3-16)27-19-10-12-21(13-11-19)28-20-8-4-17(23)5-9-20/h2-13,15H,14H2,1H3. The van der Waals surface area contributed by atoms with Crippen LogP contribution in [-0.4, -0.2) is 18.7 Å². The van der Waals surface area contributed by atoms with Crippen LogP contribution in [0.5, 0.6) is 17.2 Å². The lowest BCUT2D eigenvalue weighted by Gasteiger charge is -2.15. The lowest BCUT2D eigenvalue weighted by Crippen LogP contribution is -2.21. The summed E-state index contributed by atoms with van der Waals surface area (Å²) in [5.74, 6) is 1.71. The molecule has 0 aromatic heterocycles.